The van der Waals surface area contributed by atoms with Crippen molar-refractivity contribution in [2.75, 3.05) is 0 Å². The Morgan fingerprint density at radius 2 is 1.74 bits per heavy atom. The number of hydrogen-bond donors (Lipinski definition) is 0. The molecule has 2 aromatic rings. The second-order valence-electron chi connectivity index (χ2n) is 4.21. The van der Waals surface area contributed by atoms with E-state index in [9.17, 15) is 10.1 Å². The maximum absolute atomic E-state index is 10.5. The molecule has 0 heterocycles. The van der Waals surface area contributed by atoms with Crippen LogP contribution in [0.1, 0.15) is 24.1 Å². The lowest BCUT2D eigenvalue weighted by atomic mass is 10.1. The highest BCUT2D eigenvalue weighted by atomic mass is 16.6. The third kappa shape index (κ3) is 3.48. The standard InChI is InChI=1S/C15H14N2O2/c1-12(14-5-3-2-4-6-14)16-11-13-7-9-15(10-8-13)17(18)19/h2-12H,1H3. The first kappa shape index (κ1) is 13.0. The Balaban J connectivity index is 2.08. The Kier molecular flexibility index (Phi) is 4.03. The summed E-state index contributed by atoms with van der Waals surface area (Å²) in [6.07, 6.45) is 1.74. The maximum atomic E-state index is 10.5. The van der Waals surface area contributed by atoms with Crippen molar-refractivity contribution < 1.29 is 4.92 Å². The summed E-state index contributed by atoms with van der Waals surface area (Å²) in [5, 5.41) is 10.5. The lowest BCUT2D eigenvalue weighted by Crippen LogP contribution is -1.91. The Hall–Kier alpha value is -2.49. The topological polar surface area (TPSA) is 55.5 Å². The van der Waals surface area contributed by atoms with E-state index in [1.165, 1.54) is 12.1 Å². The Bertz CT molecular complexity index is 577. The van der Waals surface area contributed by atoms with Crippen molar-refractivity contribution in [1.82, 2.24) is 0 Å². The van der Waals surface area contributed by atoms with Crippen molar-refractivity contribution in [3.05, 3.63) is 75.8 Å². The number of nitro benzene ring substituents is 1. The zero-order chi connectivity index (χ0) is 13.7. The zero-order valence-electron chi connectivity index (χ0n) is 10.6. The highest BCUT2D eigenvalue weighted by Gasteiger charge is 2.03. The van der Waals surface area contributed by atoms with Gasteiger partial charge in [-0.25, -0.2) is 0 Å². The molecule has 4 heteroatoms. The van der Waals surface area contributed by atoms with Gasteiger partial charge < -0.3 is 0 Å². The summed E-state index contributed by atoms with van der Waals surface area (Å²) in [7, 11) is 0. The molecule has 1 atom stereocenters. The first-order chi connectivity index (χ1) is 9.16. The largest absolute Gasteiger partial charge is 0.285 e. The van der Waals surface area contributed by atoms with E-state index < -0.39 is 4.92 Å². The number of rotatable bonds is 4. The number of hydrogen-bond acceptors (Lipinski definition) is 3. The summed E-state index contributed by atoms with van der Waals surface area (Å²) in [6.45, 7) is 2.01. The van der Waals surface area contributed by atoms with Crippen LogP contribution in [0.2, 0.25) is 0 Å². The maximum Gasteiger partial charge on any atom is 0.269 e. The van der Waals surface area contributed by atoms with Crippen LogP contribution in [0.25, 0.3) is 0 Å². The van der Waals surface area contributed by atoms with E-state index in [2.05, 4.69) is 4.99 Å². The molecule has 0 N–H and O–H groups in total. The number of non-ortho nitro benzene ring substituents is 1. The van der Waals surface area contributed by atoms with Crippen LogP contribution < -0.4 is 0 Å². The van der Waals surface area contributed by atoms with Crippen LogP contribution in [0.15, 0.2) is 59.6 Å². The van der Waals surface area contributed by atoms with Gasteiger partial charge in [0.15, 0.2) is 0 Å². The molecule has 0 aliphatic rings. The average Bonchev–Trinajstić information content (AvgIpc) is 2.46. The number of nitro groups is 1. The molecule has 0 saturated heterocycles. The van der Waals surface area contributed by atoms with Gasteiger partial charge in [0.1, 0.15) is 0 Å². The summed E-state index contributed by atoms with van der Waals surface area (Å²) >= 11 is 0. The molecule has 2 aromatic carbocycles. The molecule has 96 valence electrons. The van der Waals surface area contributed by atoms with E-state index in [0.717, 1.165) is 11.1 Å². The van der Waals surface area contributed by atoms with Crippen LogP contribution in [0.5, 0.6) is 0 Å². The number of aliphatic imine (C=N–C) groups is 1. The van der Waals surface area contributed by atoms with Gasteiger partial charge in [-0.15, -0.1) is 0 Å². The Labute approximate surface area is 111 Å². The molecular weight excluding hydrogens is 240 g/mol. The van der Waals surface area contributed by atoms with E-state index in [1.54, 1.807) is 18.3 Å². The van der Waals surface area contributed by atoms with Crippen LogP contribution in [-0.4, -0.2) is 11.1 Å². The quantitative estimate of drug-likeness (QED) is 0.473. The van der Waals surface area contributed by atoms with E-state index >= 15 is 0 Å². The molecule has 1 unspecified atom stereocenters. The molecule has 0 bridgehead atoms. The van der Waals surface area contributed by atoms with E-state index in [0.29, 0.717) is 0 Å². The van der Waals surface area contributed by atoms with E-state index in [-0.39, 0.29) is 11.7 Å². The van der Waals surface area contributed by atoms with Crippen molar-refractivity contribution in [2.24, 2.45) is 4.99 Å². The minimum absolute atomic E-state index is 0.0661. The van der Waals surface area contributed by atoms with Gasteiger partial charge in [-0.05, 0) is 30.2 Å². The highest BCUT2D eigenvalue weighted by molar-refractivity contribution is 5.80. The molecule has 0 aliphatic heterocycles. The molecule has 19 heavy (non-hydrogen) atoms. The van der Waals surface area contributed by atoms with Crippen molar-refractivity contribution in [2.45, 2.75) is 13.0 Å². The second kappa shape index (κ2) is 5.91. The van der Waals surface area contributed by atoms with Crippen molar-refractivity contribution in [1.29, 1.82) is 0 Å². The van der Waals surface area contributed by atoms with E-state index in [1.807, 2.05) is 37.3 Å². The summed E-state index contributed by atoms with van der Waals surface area (Å²) in [4.78, 5) is 14.6. The zero-order valence-corrected chi connectivity index (χ0v) is 10.6. The summed E-state index contributed by atoms with van der Waals surface area (Å²) in [6, 6.07) is 16.4. The third-order valence-electron chi connectivity index (χ3n) is 2.83. The van der Waals surface area contributed by atoms with Gasteiger partial charge in [0.25, 0.3) is 5.69 Å². The molecule has 4 nitrogen and oxygen atoms in total. The fourth-order valence-electron chi connectivity index (χ4n) is 1.70. The van der Waals surface area contributed by atoms with Crippen molar-refractivity contribution in [3.63, 3.8) is 0 Å². The van der Waals surface area contributed by atoms with Crippen LogP contribution in [0.3, 0.4) is 0 Å². The molecule has 0 fully saturated rings. The van der Waals surface area contributed by atoms with Gasteiger partial charge in [0, 0.05) is 18.3 Å². The van der Waals surface area contributed by atoms with E-state index in [4.69, 9.17) is 0 Å². The third-order valence-corrected chi connectivity index (χ3v) is 2.83. The van der Waals surface area contributed by atoms with Crippen LogP contribution in [-0.2, 0) is 0 Å². The van der Waals surface area contributed by atoms with Gasteiger partial charge in [0.2, 0.25) is 0 Å². The monoisotopic (exact) mass is 254 g/mol. The predicted octanol–water partition coefficient (Wildman–Crippen LogP) is 3.77. The number of nitrogens with zero attached hydrogens (tertiary/aromatic N) is 2. The van der Waals surface area contributed by atoms with Gasteiger partial charge in [-0.1, -0.05) is 30.3 Å². The van der Waals surface area contributed by atoms with Gasteiger partial charge in [-0.2, -0.15) is 0 Å². The van der Waals surface area contributed by atoms with Crippen molar-refractivity contribution >= 4 is 11.9 Å². The molecule has 0 aromatic heterocycles. The lowest BCUT2D eigenvalue weighted by molar-refractivity contribution is -0.384. The predicted molar refractivity (Wildman–Crippen MR) is 75.5 cm³/mol. The fraction of sp³-hybridized carbons (Fsp3) is 0.133. The van der Waals surface area contributed by atoms with Crippen molar-refractivity contribution in [3.8, 4) is 0 Å². The van der Waals surface area contributed by atoms with Crippen LogP contribution in [0, 0.1) is 10.1 Å². The van der Waals surface area contributed by atoms with Gasteiger partial charge >= 0.3 is 0 Å². The van der Waals surface area contributed by atoms with Crippen LogP contribution >= 0.6 is 0 Å². The molecule has 0 amide bonds. The first-order valence-electron chi connectivity index (χ1n) is 5.99. The van der Waals surface area contributed by atoms with Crippen LogP contribution in [0.4, 0.5) is 5.69 Å². The summed E-state index contributed by atoms with van der Waals surface area (Å²) in [5.41, 5.74) is 2.09. The fourth-order valence-corrected chi connectivity index (χ4v) is 1.70. The smallest absolute Gasteiger partial charge is 0.269 e. The normalized spacial score (nSPS) is 12.5. The highest BCUT2D eigenvalue weighted by Crippen LogP contribution is 2.16. The average molecular weight is 254 g/mol. The number of benzene rings is 2. The summed E-state index contributed by atoms with van der Waals surface area (Å²) in [5.74, 6) is 0. The minimum atomic E-state index is -0.409. The molecule has 0 radical (unpaired) electrons. The Morgan fingerprint density at radius 3 is 2.32 bits per heavy atom. The second-order valence-corrected chi connectivity index (χ2v) is 4.21. The lowest BCUT2D eigenvalue weighted by Gasteiger charge is -2.05. The summed E-state index contributed by atoms with van der Waals surface area (Å²) < 4.78 is 0. The first-order valence-corrected chi connectivity index (χ1v) is 5.99. The SMILES string of the molecule is CC(N=Cc1ccc([N+](=O)[O-])cc1)c1ccccc1. The van der Waals surface area contributed by atoms with Gasteiger partial charge in [-0.3, -0.25) is 15.1 Å². The van der Waals surface area contributed by atoms with Gasteiger partial charge in [0.05, 0.1) is 11.0 Å². The molecule has 2 rings (SSSR count). The Morgan fingerprint density at radius 1 is 1.11 bits per heavy atom. The molecule has 0 aliphatic carbocycles. The molecule has 0 saturated carbocycles. The molecular formula is C15H14N2O2. The minimum Gasteiger partial charge on any atom is -0.285 e. The molecule has 0 spiro atoms.